The van der Waals surface area contributed by atoms with Gasteiger partial charge in [0.2, 0.25) is 5.12 Å². The zero-order valence-corrected chi connectivity index (χ0v) is 8.45. The van der Waals surface area contributed by atoms with Crippen LogP contribution in [0.4, 0.5) is 0 Å². The fraction of sp³-hybridized carbons (Fsp3) is 0.889. The van der Waals surface area contributed by atoms with E-state index in [9.17, 15) is 4.79 Å². The van der Waals surface area contributed by atoms with Crippen LogP contribution < -0.4 is 5.73 Å². The van der Waals surface area contributed by atoms with Gasteiger partial charge in [-0.05, 0) is 18.6 Å². The molecule has 0 bridgehead atoms. The van der Waals surface area contributed by atoms with Crippen molar-refractivity contribution in [2.24, 2.45) is 5.73 Å². The summed E-state index contributed by atoms with van der Waals surface area (Å²) in [6.45, 7) is 1.99. The number of carbonyl (C=O) groups excluding carboxylic acids is 1. The molecule has 3 heteroatoms. The average Bonchev–Trinajstić information content (AvgIpc) is 2.06. The monoisotopic (exact) mass is 187 g/mol. The van der Waals surface area contributed by atoms with Crippen LogP contribution in [-0.2, 0) is 4.79 Å². The van der Waals surface area contributed by atoms with Gasteiger partial charge in [0.05, 0.1) is 5.54 Å². The maximum Gasteiger partial charge on any atom is 0.208 e. The van der Waals surface area contributed by atoms with E-state index in [0.29, 0.717) is 0 Å². The van der Waals surface area contributed by atoms with Crippen LogP contribution in [0.5, 0.6) is 0 Å². The van der Waals surface area contributed by atoms with Gasteiger partial charge in [-0.1, -0.05) is 37.9 Å². The highest BCUT2D eigenvalue weighted by molar-refractivity contribution is 8.13. The smallest absolute Gasteiger partial charge is 0.208 e. The van der Waals surface area contributed by atoms with E-state index in [1.165, 1.54) is 18.2 Å². The highest BCUT2D eigenvalue weighted by Crippen LogP contribution is 2.29. The van der Waals surface area contributed by atoms with Crippen molar-refractivity contribution in [2.45, 2.75) is 44.6 Å². The highest BCUT2D eigenvalue weighted by Gasteiger charge is 2.34. The van der Waals surface area contributed by atoms with Gasteiger partial charge in [-0.15, -0.1) is 0 Å². The molecule has 0 aromatic rings. The van der Waals surface area contributed by atoms with Gasteiger partial charge in [0, 0.05) is 0 Å². The molecule has 0 aliphatic heterocycles. The molecule has 0 aromatic carbocycles. The molecule has 0 heterocycles. The zero-order chi connectivity index (χ0) is 9.03. The topological polar surface area (TPSA) is 43.1 Å². The number of hydrogen-bond donors (Lipinski definition) is 1. The molecule has 1 rings (SSSR count). The SMILES string of the molecule is CCSC(=O)C1(N)CCCCC1. The summed E-state index contributed by atoms with van der Waals surface area (Å²) in [7, 11) is 0. The maximum absolute atomic E-state index is 11.6. The lowest BCUT2D eigenvalue weighted by atomic mass is 9.84. The number of rotatable bonds is 2. The minimum atomic E-state index is -0.487. The third kappa shape index (κ3) is 2.23. The van der Waals surface area contributed by atoms with Crippen molar-refractivity contribution >= 4 is 16.9 Å². The molecule has 70 valence electrons. The van der Waals surface area contributed by atoms with Crippen LogP contribution in [0.3, 0.4) is 0 Å². The van der Waals surface area contributed by atoms with Gasteiger partial charge in [-0.25, -0.2) is 0 Å². The molecular weight excluding hydrogens is 170 g/mol. The number of thioether (sulfide) groups is 1. The molecule has 12 heavy (non-hydrogen) atoms. The van der Waals surface area contributed by atoms with Gasteiger partial charge in [0.1, 0.15) is 0 Å². The molecule has 0 aromatic heterocycles. The normalized spacial score (nSPS) is 22.2. The van der Waals surface area contributed by atoms with E-state index in [4.69, 9.17) is 5.73 Å². The molecule has 2 N–H and O–H groups in total. The summed E-state index contributed by atoms with van der Waals surface area (Å²) in [4.78, 5) is 11.6. The Morgan fingerprint density at radius 3 is 2.50 bits per heavy atom. The van der Waals surface area contributed by atoms with Crippen LogP contribution in [-0.4, -0.2) is 16.4 Å². The minimum Gasteiger partial charge on any atom is -0.318 e. The first-order chi connectivity index (χ1) is 5.69. The Kier molecular flexibility index (Phi) is 3.59. The van der Waals surface area contributed by atoms with E-state index in [0.717, 1.165) is 31.4 Å². The Bertz CT molecular complexity index is 164. The van der Waals surface area contributed by atoms with Gasteiger partial charge in [0.25, 0.3) is 0 Å². The first-order valence-electron chi connectivity index (χ1n) is 4.65. The van der Waals surface area contributed by atoms with Crippen LogP contribution in [0.25, 0.3) is 0 Å². The molecular formula is C9H17NOS. The van der Waals surface area contributed by atoms with E-state index in [1.807, 2.05) is 6.92 Å². The maximum atomic E-state index is 11.6. The second kappa shape index (κ2) is 4.28. The first kappa shape index (κ1) is 10.1. The van der Waals surface area contributed by atoms with E-state index in [1.54, 1.807) is 0 Å². The van der Waals surface area contributed by atoms with Crippen molar-refractivity contribution in [3.63, 3.8) is 0 Å². The molecule has 0 spiro atoms. The lowest BCUT2D eigenvalue weighted by Crippen LogP contribution is -2.48. The predicted molar refractivity (Wildman–Crippen MR) is 53.1 cm³/mol. The zero-order valence-electron chi connectivity index (χ0n) is 7.64. The molecule has 0 saturated heterocycles. The molecule has 1 saturated carbocycles. The predicted octanol–water partition coefficient (Wildman–Crippen LogP) is 1.93. The number of hydrogen-bond acceptors (Lipinski definition) is 3. The van der Waals surface area contributed by atoms with Gasteiger partial charge in [0.15, 0.2) is 0 Å². The average molecular weight is 187 g/mol. The Hall–Kier alpha value is -0.0200. The Balaban J connectivity index is 2.50. The third-order valence-electron chi connectivity index (χ3n) is 2.43. The fourth-order valence-electron chi connectivity index (χ4n) is 1.66. The summed E-state index contributed by atoms with van der Waals surface area (Å²) in [5, 5.41) is 0.199. The Morgan fingerprint density at radius 2 is 2.00 bits per heavy atom. The van der Waals surface area contributed by atoms with Crippen molar-refractivity contribution in [1.29, 1.82) is 0 Å². The van der Waals surface area contributed by atoms with E-state index < -0.39 is 5.54 Å². The molecule has 0 radical (unpaired) electrons. The fourth-order valence-corrected chi connectivity index (χ4v) is 2.42. The molecule has 0 unspecified atom stereocenters. The van der Waals surface area contributed by atoms with Crippen LogP contribution in [0, 0.1) is 0 Å². The number of nitrogens with two attached hydrogens (primary N) is 1. The molecule has 1 aliphatic carbocycles. The second-order valence-corrected chi connectivity index (χ2v) is 4.67. The van der Waals surface area contributed by atoms with Crippen molar-refractivity contribution < 1.29 is 4.79 Å². The summed E-state index contributed by atoms with van der Waals surface area (Å²) in [5.41, 5.74) is 5.53. The summed E-state index contributed by atoms with van der Waals surface area (Å²) in [6, 6.07) is 0. The quantitative estimate of drug-likeness (QED) is 0.718. The minimum absolute atomic E-state index is 0.199. The van der Waals surface area contributed by atoms with Crippen LogP contribution in [0.2, 0.25) is 0 Å². The largest absolute Gasteiger partial charge is 0.318 e. The Morgan fingerprint density at radius 1 is 1.42 bits per heavy atom. The summed E-state index contributed by atoms with van der Waals surface area (Å²) >= 11 is 1.37. The van der Waals surface area contributed by atoms with E-state index in [2.05, 4.69) is 0 Å². The third-order valence-corrected chi connectivity index (χ3v) is 3.39. The first-order valence-corrected chi connectivity index (χ1v) is 5.64. The standard InChI is InChI=1S/C9H17NOS/c1-2-12-8(11)9(10)6-4-3-5-7-9/h2-7,10H2,1H3. The van der Waals surface area contributed by atoms with Gasteiger partial charge < -0.3 is 5.73 Å². The van der Waals surface area contributed by atoms with E-state index >= 15 is 0 Å². The summed E-state index contributed by atoms with van der Waals surface area (Å²) in [6.07, 6.45) is 5.25. The second-order valence-electron chi connectivity index (χ2n) is 3.44. The van der Waals surface area contributed by atoms with Gasteiger partial charge in [-0.3, -0.25) is 4.79 Å². The van der Waals surface area contributed by atoms with Crippen LogP contribution in [0.15, 0.2) is 0 Å². The summed E-state index contributed by atoms with van der Waals surface area (Å²) < 4.78 is 0. The molecule has 0 amide bonds. The van der Waals surface area contributed by atoms with Crippen molar-refractivity contribution in [1.82, 2.24) is 0 Å². The summed E-state index contributed by atoms with van der Waals surface area (Å²) in [5.74, 6) is 0.845. The highest BCUT2D eigenvalue weighted by atomic mass is 32.2. The van der Waals surface area contributed by atoms with Crippen LogP contribution in [0.1, 0.15) is 39.0 Å². The van der Waals surface area contributed by atoms with Crippen molar-refractivity contribution in [3.8, 4) is 0 Å². The van der Waals surface area contributed by atoms with Gasteiger partial charge >= 0.3 is 0 Å². The molecule has 2 nitrogen and oxygen atoms in total. The molecule has 1 fully saturated rings. The van der Waals surface area contributed by atoms with E-state index in [-0.39, 0.29) is 5.12 Å². The van der Waals surface area contributed by atoms with Crippen molar-refractivity contribution in [3.05, 3.63) is 0 Å². The lowest BCUT2D eigenvalue weighted by molar-refractivity contribution is -0.116. The van der Waals surface area contributed by atoms with Crippen LogP contribution >= 0.6 is 11.8 Å². The Labute approximate surface area is 78.3 Å². The lowest BCUT2D eigenvalue weighted by Gasteiger charge is -2.31. The number of carbonyl (C=O) groups is 1. The molecule has 0 atom stereocenters. The molecule has 1 aliphatic rings. The van der Waals surface area contributed by atoms with Crippen molar-refractivity contribution in [2.75, 3.05) is 5.75 Å². The van der Waals surface area contributed by atoms with Gasteiger partial charge in [-0.2, -0.15) is 0 Å².